The standard InChI is InChI=1S/C25H20FN3O4/c1-17-6-12-20(13-7-17)33-23-5-3-2-4-21(23)28-24(30)15-32-25(31)22-14-27-16-29(22)19-10-8-18(26)9-11-19/h2-14,16H,15H2,1H3,(H,28,30). The van der Waals surface area contributed by atoms with Crippen LogP contribution >= 0.6 is 0 Å². The van der Waals surface area contributed by atoms with Crippen molar-refractivity contribution in [2.75, 3.05) is 11.9 Å². The summed E-state index contributed by atoms with van der Waals surface area (Å²) in [6.07, 6.45) is 2.72. The van der Waals surface area contributed by atoms with E-state index in [4.69, 9.17) is 9.47 Å². The van der Waals surface area contributed by atoms with Crippen molar-refractivity contribution in [1.82, 2.24) is 9.55 Å². The van der Waals surface area contributed by atoms with Crippen LogP contribution in [0.25, 0.3) is 5.69 Å². The van der Waals surface area contributed by atoms with E-state index in [1.54, 1.807) is 24.3 Å². The molecular formula is C25H20FN3O4. The second kappa shape index (κ2) is 9.78. The van der Waals surface area contributed by atoms with Gasteiger partial charge in [-0.1, -0.05) is 29.8 Å². The molecule has 3 aromatic carbocycles. The van der Waals surface area contributed by atoms with Crippen LogP contribution in [-0.4, -0.2) is 28.0 Å². The Labute approximate surface area is 189 Å². The fourth-order valence-electron chi connectivity index (χ4n) is 3.04. The maximum atomic E-state index is 13.2. The van der Waals surface area contributed by atoms with Gasteiger partial charge in [0.25, 0.3) is 5.91 Å². The summed E-state index contributed by atoms with van der Waals surface area (Å²) in [6.45, 7) is 1.47. The lowest BCUT2D eigenvalue weighted by molar-refractivity contribution is -0.119. The predicted octanol–water partition coefficient (Wildman–Crippen LogP) is 4.91. The first-order valence-electron chi connectivity index (χ1n) is 10.1. The molecule has 0 aliphatic heterocycles. The van der Waals surface area contributed by atoms with Gasteiger partial charge in [0, 0.05) is 5.69 Å². The van der Waals surface area contributed by atoms with E-state index in [1.165, 1.54) is 41.4 Å². The fraction of sp³-hybridized carbons (Fsp3) is 0.0800. The molecule has 1 aromatic heterocycles. The summed E-state index contributed by atoms with van der Waals surface area (Å²) >= 11 is 0. The number of nitrogens with zero attached hydrogens (tertiary/aromatic N) is 2. The number of hydrogen-bond donors (Lipinski definition) is 1. The lowest BCUT2D eigenvalue weighted by Gasteiger charge is -2.13. The van der Waals surface area contributed by atoms with E-state index >= 15 is 0 Å². The van der Waals surface area contributed by atoms with E-state index in [2.05, 4.69) is 10.3 Å². The molecule has 0 atom stereocenters. The van der Waals surface area contributed by atoms with Crippen molar-refractivity contribution in [2.45, 2.75) is 6.92 Å². The highest BCUT2D eigenvalue weighted by Crippen LogP contribution is 2.29. The zero-order valence-electron chi connectivity index (χ0n) is 17.7. The number of halogens is 1. The average Bonchev–Trinajstić information content (AvgIpc) is 3.31. The van der Waals surface area contributed by atoms with Crippen molar-refractivity contribution in [3.63, 3.8) is 0 Å². The number of imidazole rings is 1. The van der Waals surface area contributed by atoms with Crippen molar-refractivity contribution in [1.29, 1.82) is 0 Å². The predicted molar refractivity (Wildman–Crippen MR) is 120 cm³/mol. The Bertz CT molecular complexity index is 1270. The zero-order valence-corrected chi connectivity index (χ0v) is 17.7. The number of nitrogens with one attached hydrogen (secondary N) is 1. The first-order chi connectivity index (χ1) is 16.0. The molecule has 7 nitrogen and oxygen atoms in total. The molecule has 0 saturated carbocycles. The molecule has 0 bridgehead atoms. The molecule has 0 fully saturated rings. The highest BCUT2D eigenvalue weighted by molar-refractivity contribution is 5.96. The molecule has 0 aliphatic rings. The smallest absolute Gasteiger partial charge is 0.357 e. The summed E-state index contributed by atoms with van der Waals surface area (Å²) in [6, 6.07) is 20.0. The van der Waals surface area contributed by atoms with Crippen LogP contribution < -0.4 is 10.1 Å². The van der Waals surface area contributed by atoms with Gasteiger partial charge in [-0.15, -0.1) is 0 Å². The minimum Gasteiger partial charge on any atom is -0.455 e. The summed E-state index contributed by atoms with van der Waals surface area (Å²) in [4.78, 5) is 28.9. The van der Waals surface area contributed by atoms with Gasteiger partial charge in [0.05, 0.1) is 18.2 Å². The van der Waals surface area contributed by atoms with Crippen molar-refractivity contribution < 1.29 is 23.5 Å². The van der Waals surface area contributed by atoms with Gasteiger partial charge in [0.15, 0.2) is 18.1 Å². The molecule has 4 aromatic rings. The number of amides is 1. The Kier molecular flexibility index (Phi) is 6.45. The largest absolute Gasteiger partial charge is 0.455 e. The SMILES string of the molecule is Cc1ccc(Oc2ccccc2NC(=O)COC(=O)c2cncn2-c2ccc(F)cc2)cc1. The number of aromatic nitrogens is 2. The molecule has 0 radical (unpaired) electrons. The van der Waals surface area contributed by atoms with Crippen LogP contribution in [0.3, 0.4) is 0 Å². The Balaban J connectivity index is 1.39. The van der Waals surface area contributed by atoms with Crippen LogP contribution in [0.5, 0.6) is 11.5 Å². The lowest BCUT2D eigenvalue weighted by Crippen LogP contribution is -2.22. The quantitative estimate of drug-likeness (QED) is 0.409. The van der Waals surface area contributed by atoms with Gasteiger partial charge in [-0.3, -0.25) is 9.36 Å². The average molecular weight is 445 g/mol. The van der Waals surface area contributed by atoms with Gasteiger partial charge in [-0.25, -0.2) is 14.2 Å². The molecule has 0 unspecified atom stereocenters. The van der Waals surface area contributed by atoms with Crippen molar-refractivity contribution in [3.05, 3.63) is 102 Å². The Morgan fingerprint density at radius 2 is 1.73 bits per heavy atom. The number of rotatable bonds is 7. The van der Waals surface area contributed by atoms with E-state index in [0.717, 1.165) is 5.56 Å². The van der Waals surface area contributed by atoms with E-state index in [-0.39, 0.29) is 5.69 Å². The van der Waals surface area contributed by atoms with Crippen LogP contribution in [0, 0.1) is 12.7 Å². The molecule has 166 valence electrons. The van der Waals surface area contributed by atoms with E-state index in [9.17, 15) is 14.0 Å². The summed E-state index contributed by atoms with van der Waals surface area (Å²) < 4.78 is 25.6. The maximum Gasteiger partial charge on any atom is 0.357 e. The summed E-state index contributed by atoms with van der Waals surface area (Å²) in [5.74, 6) is -0.586. The number of carbonyl (C=O) groups is 2. The van der Waals surface area contributed by atoms with Crippen molar-refractivity contribution in [3.8, 4) is 17.2 Å². The number of anilines is 1. The maximum absolute atomic E-state index is 13.2. The summed E-state index contributed by atoms with van der Waals surface area (Å²) in [5.41, 5.74) is 2.19. The van der Waals surface area contributed by atoms with Gasteiger partial charge in [-0.05, 0) is 55.5 Å². The monoisotopic (exact) mass is 445 g/mol. The molecule has 33 heavy (non-hydrogen) atoms. The number of ether oxygens (including phenoxy) is 2. The Morgan fingerprint density at radius 3 is 2.48 bits per heavy atom. The van der Waals surface area contributed by atoms with Crippen molar-refractivity contribution in [2.24, 2.45) is 0 Å². The van der Waals surface area contributed by atoms with Crippen LogP contribution in [-0.2, 0) is 9.53 Å². The topological polar surface area (TPSA) is 82.4 Å². The third-order valence-electron chi connectivity index (χ3n) is 4.70. The van der Waals surface area contributed by atoms with Crippen molar-refractivity contribution >= 4 is 17.6 Å². The number of carbonyl (C=O) groups excluding carboxylic acids is 2. The number of benzene rings is 3. The highest BCUT2D eigenvalue weighted by atomic mass is 19.1. The number of aryl methyl sites for hydroxylation is 1. The Morgan fingerprint density at radius 1 is 1.00 bits per heavy atom. The number of esters is 1. The van der Waals surface area contributed by atoms with Crippen LogP contribution in [0.1, 0.15) is 16.1 Å². The normalized spacial score (nSPS) is 10.5. The minimum atomic E-state index is -0.740. The van der Waals surface area contributed by atoms with Gasteiger partial charge in [0.1, 0.15) is 11.6 Å². The van der Waals surface area contributed by atoms with Gasteiger partial charge in [-0.2, -0.15) is 0 Å². The Hall–Kier alpha value is -4.46. The van der Waals surface area contributed by atoms with Crippen LogP contribution in [0.4, 0.5) is 10.1 Å². The third kappa shape index (κ3) is 5.43. The molecule has 0 aliphatic carbocycles. The molecular weight excluding hydrogens is 425 g/mol. The molecule has 0 saturated heterocycles. The molecule has 8 heteroatoms. The van der Waals surface area contributed by atoms with E-state index < -0.39 is 24.3 Å². The molecule has 1 amide bonds. The first kappa shape index (κ1) is 21.8. The minimum absolute atomic E-state index is 0.109. The van der Waals surface area contributed by atoms with E-state index in [0.29, 0.717) is 22.9 Å². The van der Waals surface area contributed by atoms with Gasteiger partial charge in [0.2, 0.25) is 0 Å². The number of para-hydroxylation sites is 2. The first-order valence-corrected chi connectivity index (χ1v) is 10.1. The lowest BCUT2D eigenvalue weighted by atomic mass is 10.2. The summed E-state index contributed by atoms with van der Waals surface area (Å²) in [7, 11) is 0. The van der Waals surface area contributed by atoms with Gasteiger partial charge < -0.3 is 14.8 Å². The van der Waals surface area contributed by atoms with Crippen LogP contribution in [0.15, 0.2) is 85.3 Å². The highest BCUT2D eigenvalue weighted by Gasteiger charge is 2.17. The number of hydrogen-bond acceptors (Lipinski definition) is 5. The third-order valence-corrected chi connectivity index (χ3v) is 4.70. The molecule has 1 N–H and O–H groups in total. The molecule has 1 heterocycles. The van der Waals surface area contributed by atoms with Gasteiger partial charge >= 0.3 is 5.97 Å². The van der Waals surface area contributed by atoms with Crippen LogP contribution in [0.2, 0.25) is 0 Å². The molecule has 4 rings (SSSR count). The zero-order chi connectivity index (χ0) is 23.2. The second-order valence-corrected chi connectivity index (χ2v) is 7.16. The fourth-order valence-corrected chi connectivity index (χ4v) is 3.04. The van der Waals surface area contributed by atoms with E-state index in [1.807, 2.05) is 31.2 Å². The molecule has 0 spiro atoms. The second-order valence-electron chi connectivity index (χ2n) is 7.16. The summed E-state index contributed by atoms with van der Waals surface area (Å²) in [5, 5.41) is 2.69.